The molecule has 0 aliphatic carbocycles. The Morgan fingerprint density at radius 3 is 2.56 bits per heavy atom. The molecule has 0 spiro atoms. The molecule has 2 heteroatoms. The van der Waals surface area contributed by atoms with E-state index in [1.807, 2.05) is 7.05 Å². The highest BCUT2D eigenvalue weighted by molar-refractivity contribution is 5.44. The molecule has 0 aliphatic rings. The molecule has 1 aromatic rings. The van der Waals surface area contributed by atoms with Crippen molar-refractivity contribution in [1.29, 1.82) is 0 Å². The van der Waals surface area contributed by atoms with Crippen molar-refractivity contribution in [2.75, 3.05) is 13.7 Å². The zero-order valence-electron chi connectivity index (χ0n) is 12.5. The lowest BCUT2D eigenvalue weighted by atomic mass is 9.96. The molecule has 0 bridgehead atoms. The van der Waals surface area contributed by atoms with Crippen LogP contribution in [-0.4, -0.2) is 13.7 Å². The van der Waals surface area contributed by atoms with Gasteiger partial charge in [-0.2, -0.15) is 0 Å². The maximum atomic E-state index is 5.93. The van der Waals surface area contributed by atoms with Crippen molar-refractivity contribution < 1.29 is 4.74 Å². The normalized spacial score (nSPS) is 11.0. The molecule has 1 N–H and O–H groups in total. The van der Waals surface area contributed by atoms with Crippen molar-refractivity contribution in [3.05, 3.63) is 28.8 Å². The Labute approximate surface area is 112 Å². The number of aryl methyl sites for hydroxylation is 1. The van der Waals surface area contributed by atoms with Crippen LogP contribution in [0.1, 0.15) is 56.2 Å². The fourth-order valence-electron chi connectivity index (χ4n) is 2.03. The van der Waals surface area contributed by atoms with Gasteiger partial charge in [0.05, 0.1) is 6.61 Å². The summed E-state index contributed by atoms with van der Waals surface area (Å²) in [5.74, 6) is 1.56. The van der Waals surface area contributed by atoms with Gasteiger partial charge < -0.3 is 10.1 Å². The lowest BCUT2D eigenvalue weighted by Crippen LogP contribution is -2.09. The Kier molecular flexibility index (Phi) is 6.20. The highest BCUT2D eigenvalue weighted by Crippen LogP contribution is 2.30. The fraction of sp³-hybridized carbons (Fsp3) is 0.625. The van der Waals surface area contributed by atoms with E-state index in [2.05, 4.69) is 45.1 Å². The SMILES string of the molecule is CCCCOc1cc(C)c(CNC)cc1C(C)C. The zero-order chi connectivity index (χ0) is 13.5. The van der Waals surface area contributed by atoms with Gasteiger partial charge >= 0.3 is 0 Å². The number of ether oxygens (including phenoxy) is 1. The average molecular weight is 249 g/mol. The zero-order valence-corrected chi connectivity index (χ0v) is 12.5. The van der Waals surface area contributed by atoms with Crippen molar-refractivity contribution in [3.8, 4) is 5.75 Å². The second-order valence-electron chi connectivity index (χ2n) is 5.20. The van der Waals surface area contributed by atoms with Gasteiger partial charge in [-0.25, -0.2) is 0 Å². The summed E-state index contributed by atoms with van der Waals surface area (Å²) >= 11 is 0. The van der Waals surface area contributed by atoms with Gasteiger partial charge in [-0.3, -0.25) is 0 Å². The van der Waals surface area contributed by atoms with Crippen LogP contribution >= 0.6 is 0 Å². The Hall–Kier alpha value is -1.02. The van der Waals surface area contributed by atoms with Gasteiger partial charge in [0.1, 0.15) is 5.75 Å². The highest BCUT2D eigenvalue weighted by Gasteiger charge is 2.11. The van der Waals surface area contributed by atoms with Crippen LogP contribution in [0.15, 0.2) is 12.1 Å². The van der Waals surface area contributed by atoms with E-state index in [9.17, 15) is 0 Å². The van der Waals surface area contributed by atoms with Crippen LogP contribution < -0.4 is 10.1 Å². The topological polar surface area (TPSA) is 21.3 Å². The van der Waals surface area contributed by atoms with Crippen molar-refractivity contribution in [2.24, 2.45) is 0 Å². The summed E-state index contributed by atoms with van der Waals surface area (Å²) < 4.78 is 5.93. The van der Waals surface area contributed by atoms with Crippen LogP contribution in [-0.2, 0) is 6.54 Å². The largest absolute Gasteiger partial charge is 0.493 e. The second-order valence-corrected chi connectivity index (χ2v) is 5.20. The number of unbranched alkanes of at least 4 members (excludes halogenated alkanes) is 1. The molecular weight excluding hydrogens is 222 g/mol. The molecule has 0 amide bonds. The first kappa shape index (κ1) is 15.0. The molecule has 0 atom stereocenters. The lowest BCUT2D eigenvalue weighted by Gasteiger charge is -2.17. The van der Waals surface area contributed by atoms with Gasteiger partial charge in [0.2, 0.25) is 0 Å². The van der Waals surface area contributed by atoms with E-state index in [0.717, 1.165) is 25.3 Å². The number of rotatable bonds is 7. The van der Waals surface area contributed by atoms with Crippen molar-refractivity contribution in [3.63, 3.8) is 0 Å². The number of hydrogen-bond acceptors (Lipinski definition) is 2. The molecule has 0 radical (unpaired) electrons. The Morgan fingerprint density at radius 1 is 1.28 bits per heavy atom. The van der Waals surface area contributed by atoms with Crippen LogP contribution in [0.25, 0.3) is 0 Å². The molecule has 0 aromatic heterocycles. The van der Waals surface area contributed by atoms with E-state index in [1.54, 1.807) is 0 Å². The maximum Gasteiger partial charge on any atom is 0.123 e. The van der Waals surface area contributed by atoms with Crippen molar-refractivity contribution >= 4 is 0 Å². The summed E-state index contributed by atoms with van der Waals surface area (Å²) in [7, 11) is 1.99. The molecule has 0 saturated heterocycles. The van der Waals surface area contributed by atoms with E-state index in [1.165, 1.54) is 23.1 Å². The third kappa shape index (κ3) is 4.02. The summed E-state index contributed by atoms with van der Waals surface area (Å²) in [6, 6.07) is 4.48. The molecule has 0 aliphatic heterocycles. The van der Waals surface area contributed by atoms with Crippen LogP contribution in [0.4, 0.5) is 0 Å². The average Bonchev–Trinajstić information content (AvgIpc) is 2.32. The minimum Gasteiger partial charge on any atom is -0.493 e. The van der Waals surface area contributed by atoms with Gasteiger partial charge in [0.25, 0.3) is 0 Å². The first-order chi connectivity index (χ1) is 8.60. The summed E-state index contributed by atoms with van der Waals surface area (Å²) in [6.45, 7) is 10.5. The molecule has 1 aromatic carbocycles. The molecule has 0 heterocycles. The number of nitrogens with one attached hydrogen (secondary N) is 1. The fourth-order valence-corrected chi connectivity index (χ4v) is 2.03. The second kappa shape index (κ2) is 7.42. The summed E-state index contributed by atoms with van der Waals surface area (Å²) in [5.41, 5.74) is 3.99. The standard InChI is InChI=1S/C16H27NO/c1-6-7-8-18-16-9-13(4)14(11-17-5)10-15(16)12(2)3/h9-10,12,17H,6-8,11H2,1-5H3. The Balaban J connectivity index is 2.96. The van der Waals surface area contributed by atoms with E-state index < -0.39 is 0 Å². The van der Waals surface area contributed by atoms with E-state index in [-0.39, 0.29) is 0 Å². The lowest BCUT2D eigenvalue weighted by molar-refractivity contribution is 0.305. The van der Waals surface area contributed by atoms with Crippen LogP contribution in [0, 0.1) is 6.92 Å². The summed E-state index contributed by atoms with van der Waals surface area (Å²) in [6.07, 6.45) is 2.29. The van der Waals surface area contributed by atoms with Gasteiger partial charge in [-0.1, -0.05) is 33.3 Å². The van der Waals surface area contributed by atoms with Crippen LogP contribution in [0.5, 0.6) is 5.75 Å². The molecule has 0 saturated carbocycles. The van der Waals surface area contributed by atoms with Crippen LogP contribution in [0.2, 0.25) is 0 Å². The Bertz CT molecular complexity index is 372. The van der Waals surface area contributed by atoms with E-state index >= 15 is 0 Å². The minimum atomic E-state index is 0.498. The third-order valence-corrected chi connectivity index (χ3v) is 3.21. The predicted molar refractivity (Wildman–Crippen MR) is 78.4 cm³/mol. The quantitative estimate of drug-likeness (QED) is 0.737. The highest BCUT2D eigenvalue weighted by atomic mass is 16.5. The summed E-state index contributed by atoms with van der Waals surface area (Å²) in [4.78, 5) is 0. The van der Waals surface area contributed by atoms with Gasteiger partial charge in [0.15, 0.2) is 0 Å². The van der Waals surface area contributed by atoms with E-state index in [0.29, 0.717) is 5.92 Å². The van der Waals surface area contributed by atoms with Crippen molar-refractivity contribution in [1.82, 2.24) is 5.32 Å². The predicted octanol–water partition coefficient (Wildman–Crippen LogP) is 4.02. The smallest absolute Gasteiger partial charge is 0.123 e. The minimum absolute atomic E-state index is 0.498. The molecule has 18 heavy (non-hydrogen) atoms. The molecule has 0 fully saturated rings. The molecule has 1 rings (SSSR count). The first-order valence-corrected chi connectivity index (χ1v) is 7.01. The number of hydrogen-bond donors (Lipinski definition) is 1. The van der Waals surface area contributed by atoms with Gasteiger partial charge in [-0.15, -0.1) is 0 Å². The maximum absolute atomic E-state index is 5.93. The Morgan fingerprint density at radius 2 is 2.00 bits per heavy atom. The molecule has 0 unspecified atom stereocenters. The van der Waals surface area contributed by atoms with Crippen molar-refractivity contribution in [2.45, 2.75) is 53.0 Å². The monoisotopic (exact) mass is 249 g/mol. The van der Waals surface area contributed by atoms with E-state index in [4.69, 9.17) is 4.74 Å². The first-order valence-electron chi connectivity index (χ1n) is 7.01. The summed E-state index contributed by atoms with van der Waals surface area (Å²) in [5, 5.41) is 3.22. The number of benzene rings is 1. The molecular formula is C16H27NO. The van der Waals surface area contributed by atoms with Crippen LogP contribution in [0.3, 0.4) is 0 Å². The molecule has 2 nitrogen and oxygen atoms in total. The molecule has 102 valence electrons. The van der Waals surface area contributed by atoms with Gasteiger partial charge in [0, 0.05) is 6.54 Å². The third-order valence-electron chi connectivity index (χ3n) is 3.21. The van der Waals surface area contributed by atoms with Gasteiger partial charge in [-0.05, 0) is 49.1 Å².